The number of hydrogen-bond acceptors (Lipinski definition) is 6. The minimum absolute atomic E-state index is 0.0941. The number of halogens is 3. The van der Waals surface area contributed by atoms with Crippen molar-refractivity contribution < 1.29 is 21.9 Å². The highest BCUT2D eigenvalue weighted by Gasteiger charge is 2.32. The standard InChI is InChI=1S/C27H34BrF2N3O3S2/c1-7-18(13-27(3,4)5)14-31-23-12-22(29)24(11-21(23)28)38(34,35)33(26-32-15-25(30)37-26)16-19-8-9-20(36-6)10-17(19)2/h8-12,15,18,31H,7,13-14,16H2,1-6H3/t18-/m0/s1. The van der Waals surface area contributed by atoms with Gasteiger partial charge in [0.15, 0.2) is 5.13 Å². The maximum Gasteiger partial charge on any atom is 0.269 e. The molecule has 0 aliphatic heterocycles. The van der Waals surface area contributed by atoms with Crippen LogP contribution in [0.25, 0.3) is 0 Å². The monoisotopic (exact) mass is 629 g/mol. The summed E-state index contributed by atoms with van der Waals surface area (Å²) in [7, 11) is -2.91. The van der Waals surface area contributed by atoms with Crippen molar-refractivity contribution in [2.24, 2.45) is 11.3 Å². The lowest BCUT2D eigenvalue weighted by Gasteiger charge is -2.26. The molecule has 3 rings (SSSR count). The summed E-state index contributed by atoms with van der Waals surface area (Å²) in [5.41, 5.74) is 2.03. The molecule has 3 aromatic rings. The number of thiazole rings is 1. The van der Waals surface area contributed by atoms with E-state index >= 15 is 4.39 Å². The second-order valence-corrected chi connectivity index (χ2v) is 14.1. The number of anilines is 2. The highest BCUT2D eigenvalue weighted by atomic mass is 79.9. The first-order valence-electron chi connectivity index (χ1n) is 12.3. The summed E-state index contributed by atoms with van der Waals surface area (Å²) in [5, 5.41) is 2.52. The second kappa shape index (κ2) is 12.3. The third-order valence-corrected chi connectivity index (χ3v) is 9.52. The molecule has 0 fully saturated rings. The second-order valence-electron chi connectivity index (χ2n) is 10.4. The quantitative estimate of drug-likeness (QED) is 0.235. The molecule has 0 saturated heterocycles. The van der Waals surface area contributed by atoms with Crippen molar-refractivity contribution >= 4 is 48.1 Å². The van der Waals surface area contributed by atoms with Crippen molar-refractivity contribution in [2.75, 3.05) is 23.3 Å². The van der Waals surface area contributed by atoms with Gasteiger partial charge in [0.2, 0.25) is 5.13 Å². The summed E-state index contributed by atoms with van der Waals surface area (Å²) < 4.78 is 63.5. The minimum Gasteiger partial charge on any atom is -0.497 e. The molecule has 0 aliphatic rings. The predicted octanol–water partition coefficient (Wildman–Crippen LogP) is 7.77. The number of ether oxygens (including phenoxy) is 1. The lowest BCUT2D eigenvalue weighted by Crippen LogP contribution is -2.31. The fourth-order valence-corrected chi connectivity index (χ4v) is 7.17. The Hall–Kier alpha value is -2.24. The maximum absolute atomic E-state index is 15.4. The van der Waals surface area contributed by atoms with E-state index in [2.05, 4.69) is 53.9 Å². The van der Waals surface area contributed by atoms with E-state index in [-0.39, 0.29) is 17.1 Å². The average molecular weight is 631 g/mol. The summed E-state index contributed by atoms with van der Waals surface area (Å²) in [5.74, 6) is 0.0799. The third kappa shape index (κ3) is 7.45. The summed E-state index contributed by atoms with van der Waals surface area (Å²) in [6.45, 7) is 10.9. The SMILES string of the molecule is CC[C@H](CNc1cc(F)c(S(=O)(=O)N(Cc2ccc(OC)cc2C)c2ncc(F)s2)cc1Br)CC(C)(C)C. The lowest BCUT2D eigenvalue weighted by atomic mass is 9.83. The van der Waals surface area contributed by atoms with Crippen LogP contribution in [0.4, 0.5) is 19.6 Å². The van der Waals surface area contributed by atoms with Gasteiger partial charge < -0.3 is 10.1 Å². The number of nitrogens with zero attached hydrogens (tertiary/aromatic N) is 2. The molecular weight excluding hydrogens is 596 g/mol. The first kappa shape index (κ1) is 30.3. The third-order valence-electron chi connectivity index (χ3n) is 6.19. The first-order chi connectivity index (χ1) is 17.7. The van der Waals surface area contributed by atoms with Crippen LogP contribution in [0.5, 0.6) is 5.75 Å². The van der Waals surface area contributed by atoms with E-state index in [0.29, 0.717) is 45.3 Å². The van der Waals surface area contributed by atoms with E-state index in [4.69, 9.17) is 4.74 Å². The molecule has 0 bridgehead atoms. The van der Waals surface area contributed by atoms with E-state index in [9.17, 15) is 12.8 Å². The van der Waals surface area contributed by atoms with Gasteiger partial charge in [-0.2, -0.15) is 4.39 Å². The molecule has 208 valence electrons. The summed E-state index contributed by atoms with van der Waals surface area (Å²) in [4.78, 5) is 3.41. The Morgan fingerprint density at radius 2 is 1.92 bits per heavy atom. The van der Waals surface area contributed by atoms with Gasteiger partial charge in [-0.05, 0) is 76.0 Å². The van der Waals surface area contributed by atoms with Crippen molar-refractivity contribution in [2.45, 2.75) is 58.9 Å². The largest absolute Gasteiger partial charge is 0.497 e. The molecule has 1 N–H and O–H groups in total. The molecular formula is C27H34BrF2N3O3S2. The van der Waals surface area contributed by atoms with E-state index in [1.807, 2.05) is 6.92 Å². The highest BCUT2D eigenvalue weighted by molar-refractivity contribution is 9.10. The topological polar surface area (TPSA) is 71.5 Å². The Kier molecular flexibility index (Phi) is 9.81. The molecule has 0 radical (unpaired) electrons. The van der Waals surface area contributed by atoms with Crippen molar-refractivity contribution in [3.8, 4) is 5.75 Å². The molecule has 1 atom stereocenters. The molecule has 0 amide bonds. The number of aryl methyl sites for hydroxylation is 1. The van der Waals surface area contributed by atoms with Gasteiger partial charge in [-0.3, -0.25) is 0 Å². The Labute approximate surface area is 236 Å². The zero-order valence-corrected chi connectivity index (χ0v) is 25.7. The molecule has 0 unspecified atom stereocenters. The van der Waals surface area contributed by atoms with E-state index in [0.717, 1.165) is 28.9 Å². The summed E-state index contributed by atoms with van der Waals surface area (Å²) >= 11 is 3.99. The van der Waals surface area contributed by atoms with Crippen LogP contribution in [0.3, 0.4) is 0 Å². The van der Waals surface area contributed by atoms with Crippen LogP contribution in [0, 0.1) is 29.2 Å². The number of aromatic nitrogens is 1. The van der Waals surface area contributed by atoms with Gasteiger partial charge in [-0.15, -0.1) is 0 Å². The van der Waals surface area contributed by atoms with E-state index in [1.165, 1.54) is 19.2 Å². The van der Waals surface area contributed by atoms with Crippen LogP contribution in [0.15, 0.2) is 45.9 Å². The highest BCUT2D eigenvalue weighted by Crippen LogP contribution is 2.35. The van der Waals surface area contributed by atoms with Gasteiger partial charge in [0.05, 0.1) is 25.5 Å². The molecule has 11 heteroatoms. The Balaban J connectivity index is 1.95. The van der Waals surface area contributed by atoms with Gasteiger partial charge >= 0.3 is 0 Å². The molecule has 2 aromatic carbocycles. The molecule has 0 aliphatic carbocycles. The number of nitrogens with one attached hydrogen (secondary N) is 1. The fourth-order valence-electron chi connectivity index (χ4n) is 4.21. The van der Waals surface area contributed by atoms with Crippen LogP contribution in [-0.4, -0.2) is 27.1 Å². The van der Waals surface area contributed by atoms with Crippen molar-refractivity contribution in [3.63, 3.8) is 0 Å². The first-order valence-corrected chi connectivity index (χ1v) is 15.3. The normalized spacial score (nSPS) is 12.9. The van der Waals surface area contributed by atoms with Crippen molar-refractivity contribution in [3.05, 3.63) is 63.1 Å². The van der Waals surface area contributed by atoms with Gasteiger partial charge in [0, 0.05) is 11.0 Å². The molecule has 6 nitrogen and oxygen atoms in total. The zero-order chi connectivity index (χ0) is 28.3. The minimum atomic E-state index is -4.45. The van der Waals surface area contributed by atoms with Crippen LogP contribution >= 0.6 is 27.3 Å². The molecule has 0 spiro atoms. The number of rotatable bonds is 11. The summed E-state index contributed by atoms with van der Waals surface area (Å²) in [6.07, 6.45) is 2.90. The van der Waals surface area contributed by atoms with Crippen molar-refractivity contribution in [1.82, 2.24) is 4.98 Å². The zero-order valence-electron chi connectivity index (χ0n) is 22.4. The lowest BCUT2D eigenvalue weighted by molar-refractivity contribution is 0.296. The van der Waals surface area contributed by atoms with Gasteiger partial charge in [0.1, 0.15) is 16.5 Å². The Bertz CT molecular complexity index is 1370. The van der Waals surface area contributed by atoms with Crippen molar-refractivity contribution in [1.29, 1.82) is 0 Å². The molecule has 1 heterocycles. The van der Waals surface area contributed by atoms with E-state index < -0.39 is 25.9 Å². The summed E-state index contributed by atoms with van der Waals surface area (Å²) in [6, 6.07) is 7.62. The van der Waals surface area contributed by atoms with Gasteiger partial charge in [-0.1, -0.05) is 51.5 Å². The fraction of sp³-hybridized carbons (Fsp3) is 0.444. The molecule has 1 aromatic heterocycles. The van der Waals surface area contributed by atoms with Gasteiger partial charge in [0.25, 0.3) is 10.0 Å². The number of sulfonamides is 1. The van der Waals surface area contributed by atoms with E-state index in [1.54, 1.807) is 18.2 Å². The molecule has 0 saturated carbocycles. The van der Waals surface area contributed by atoms with Crippen LogP contribution in [0.1, 0.15) is 51.7 Å². The predicted molar refractivity (Wildman–Crippen MR) is 154 cm³/mol. The number of methoxy groups -OCH3 is 1. The molecule has 38 heavy (non-hydrogen) atoms. The van der Waals surface area contributed by atoms with Gasteiger partial charge in [-0.25, -0.2) is 22.1 Å². The van der Waals surface area contributed by atoms with Crippen LogP contribution in [0.2, 0.25) is 0 Å². The number of benzene rings is 2. The van der Waals surface area contributed by atoms with Crippen LogP contribution < -0.4 is 14.4 Å². The Morgan fingerprint density at radius 3 is 2.47 bits per heavy atom. The average Bonchev–Trinajstić information content (AvgIpc) is 3.27. The Morgan fingerprint density at radius 1 is 1.21 bits per heavy atom. The van der Waals surface area contributed by atoms with Crippen LogP contribution in [-0.2, 0) is 16.6 Å². The maximum atomic E-state index is 15.4. The number of hydrogen-bond donors (Lipinski definition) is 1. The smallest absolute Gasteiger partial charge is 0.269 e.